The van der Waals surface area contributed by atoms with Gasteiger partial charge < -0.3 is 25.4 Å². The second-order valence-electron chi connectivity index (χ2n) is 8.59. The summed E-state index contributed by atoms with van der Waals surface area (Å²) in [6, 6.07) is 5.53. The molecule has 3 amide bonds. The van der Waals surface area contributed by atoms with Crippen molar-refractivity contribution in [2.75, 3.05) is 6.61 Å². The van der Waals surface area contributed by atoms with Crippen LogP contribution in [0.1, 0.15) is 32.8 Å². The second kappa shape index (κ2) is 9.90. The summed E-state index contributed by atoms with van der Waals surface area (Å²) in [5.74, 6) is -1.58. The molecule has 3 heterocycles. The fourth-order valence-electron chi connectivity index (χ4n) is 4.10. The number of fused-ring (bicyclic) bond motifs is 1. The van der Waals surface area contributed by atoms with Gasteiger partial charge in [-0.2, -0.15) is 5.10 Å². The molecule has 0 aromatic heterocycles. The van der Waals surface area contributed by atoms with Gasteiger partial charge in [-0.25, -0.2) is 4.79 Å². The quantitative estimate of drug-likeness (QED) is 0.262. The molecule has 4 atom stereocenters. The zero-order chi connectivity index (χ0) is 25.3. The van der Waals surface area contributed by atoms with Crippen LogP contribution in [0.15, 0.2) is 34.5 Å². The summed E-state index contributed by atoms with van der Waals surface area (Å²) in [7, 11) is 0. The molecular formula is C22H25N5O6S2. The third-order valence-corrected chi connectivity index (χ3v) is 8.33. The molecule has 3 N–H and O–H groups in total. The molecule has 13 heteroatoms. The molecule has 0 radical (unpaired) electrons. The maximum atomic E-state index is 12.6. The molecule has 4 rings (SSSR count). The Balaban J connectivity index is 1.29. The number of thioether (sulfide) groups is 2. The van der Waals surface area contributed by atoms with E-state index in [2.05, 4.69) is 20.8 Å². The summed E-state index contributed by atoms with van der Waals surface area (Å²) in [5, 5.41) is 21.9. The summed E-state index contributed by atoms with van der Waals surface area (Å²) in [5.41, 5.74) is 0.806. The SMILES string of the molecule is CCOc1ccc(C=NN=C2NC(=O)C(CC(=O)NC3C(=O)N4C3SC(C)(C)C4C(=O)O)S2)cc1. The normalized spacial score (nSPS) is 28.1. The van der Waals surface area contributed by atoms with Crippen molar-refractivity contribution in [2.45, 2.75) is 54.6 Å². The van der Waals surface area contributed by atoms with E-state index < -0.39 is 45.2 Å². The van der Waals surface area contributed by atoms with Crippen LogP contribution < -0.4 is 15.4 Å². The number of ether oxygens (including phenoxy) is 1. The van der Waals surface area contributed by atoms with Crippen molar-refractivity contribution in [1.29, 1.82) is 0 Å². The van der Waals surface area contributed by atoms with E-state index in [9.17, 15) is 24.3 Å². The molecule has 0 saturated carbocycles. The van der Waals surface area contributed by atoms with Crippen LogP contribution in [0.25, 0.3) is 0 Å². The van der Waals surface area contributed by atoms with E-state index >= 15 is 0 Å². The van der Waals surface area contributed by atoms with Crippen LogP contribution in [0, 0.1) is 0 Å². The number of aliphatic carboxylic acids is 1. The molecule has 35 heavy (non-hydrogen) atoms. The highest BCUT2D eigenvalue weighted by Gasteiger charge is 2.64. The predicted octanol–water partition coefficient (Wildman–Crippen LogP) is 1.03. The lowest BCUT2D eigenvalue weighted by Gasteiger charge is -2.43. The Labute approximate surface area is 210 Å². The van der Waals surface area contributed by atoms with Crippen LogP contribution in [0.2, 0.25) is 0 Å². The first-order chi connectivity index (χ1) is 16.6. The lowest BCUT2D eigenvalue weighted by atomic mass is 9.96. The van der Waals surface area contributed by atoms with Crippen molar-refractivity contribution in [1.82, 2.24) is 15.5 Å². The number of β-lactam (4-membered cyclic amide) rings is 1. The Morgan fingerprint density at radius 2 is 2.00 bits per heavy atom. The average molecular weight is 520 g/mol. The summed E-state index contributed by atoms with van der Waals surface area (Å²) in [6.07, 6.45) is 1.39. The highest BCUT2D eigenvalue weighted by Crippen LogP contribution is 2.50. The molecule has 3 fully saturated rings. The second-order valence-corrected chi connectivity index (χ2v) is 11.6. The van der Waals surface area contributed by atoms with Gasteiger partial charge in [0.1, 0.15) is 28.5 Å². The minimum Gasteiger partial charge on any atom is -0.494 e. The van der Waals surface area contributed by atoms with Gasteiger partial charge in [0, 0.05) is 11.2 Å². The van der Waals surface area contributed by atoms with Gasteiger partial charge in [0.05, 0.1) is 12.8 Å². The maximum absolute atomic E-state index is 12.6. The Hall–Kier alpha value is -3.06. The van der Waals surface area contributed by atoms with Crippen LogP contribution in [0.4, 0.5) is 0 Å². The van der Waals surface area contributed by atoms with Gasteiger partial charge in [0.15, 0.2) is 5.17 Å². The largest absolute Gasteiger partial charge is 0.494 e. The average Bonchev–Trinajstić information content (AvgIpc) is 3.27. The van der Waals surface area contributed by atoms with E-state index in [-0.39, 0.29) is 17.5 Å². The Kier molecular flexibility index (Phi) is 7.08. The van der Waals surface area contributed by atoms with Gasteiger partial charge in [0.2, 0.25) is 17.7 Å². The third kappa shape index (κ3) is 5.15. The number of hydrogen-bond donors (Lipinski definition) is 3. The molecule has 3 aliphatic rings. The number of carbonyl (C=O) groups excluding carboxylic acids is 3. The highest BCUT2D eigenvalue weighted by molar-refractivity contribution is 8.15. The molecule has 1 aromatic rings. The first kappa shape index (κ1) is 25.0. The number of amides is 3. The van der Waals surface area contributed by atoms with E-state index in [1.165, 1.54) is 22.9 Å². The molecule has 0 spiro atoms. The van der Waals surface area contributed by atoms with Crippen LogP contribution in [-0.2, 0) is 19.2 Å². The van der Waals surface area contributed by atoms with Gasteiger partial charge in [-0.15, -0.1) is 16.9 Å². The maximum Gasteiger partial charge on any atom is 0.327 e. The number of rotatable bonds is 8. The molecule has 3 aliphatic heterocycles. The number of nitrogens with one attached hydrogen (secondary N) is 2. The first-order valence-electron chi connectivity index (χ1n) is 10.9. The molecule has 0 aliphatic carbocycles. The standard InChI is InChI=1S/C22H25N5O6S2/c1-4-33-12-7-5-11(6-8-12)10-23-26-21-25-17(29)13(34-21)9-14(28)24-15-18(30)27-16(20(31)32)22(2,3)35-19(15)27/h5-8,10,13,15-16,19H,4,9H2,1-3H3,(H,24,28)(H,31,32)(H,25,26,29). The lowest BCUT2D eigenvalue weighted by Crippen LogP contribution is -2.70. The number of benzene rings is 1. The molecule has 3 saturated heterocycles. The Bertz CT molecular complexity index is 1110. The van der Waals surface area contributed by atoms with Crippen molar-refractivity contribution < 1.29 is 29.0 Å². The van der Waals surface area contributed by atoms with E-state index in [0.29, 0.717) is 6.61 Å². The van der Waals surface area contributed by atoms with E-state index in [1.54, 1.807) is 13.8 Å². The number of amidine groups is 1. The van der Waals surface area contributed by atoms with Crippen LogP contribution in [-0.4, -0.2) is 79.1 Å². The number of carboxylic acid groups (broad SMARTS) is 1. The molecule has 11 nitrogen and oxygen atoms in total. The number of carbonyl (C=O) groups is 4. The van der Waals surface area contributed by atoms with Gasteiger partial charge in [-0.3, -0.25) is 14.4 Å². The van der Waals surface area contributed by atoms with Crippen LogP contribution >= 0.6 is 23.5 Å². The smallest absolute Gasteiger partial charge is 0.327 e. The number of hydrogen-bond acceptors (Lipinski definition) is 9. The molecule has 0 bridgehead atoms. The Morgan fingerprint density at radius 1 is 1.29 bits per heavy atom. The van der Waals surface area contributed by atoms with E-state index in [4.69, 9.17) is 4.74 Å². The van der Waals surface area contributed by atoms with Crippen LogP contribution in [0.3, 0.4) is 0 Å². The predicted molar refractivity (Wildman–Crippen MR) is 132 cm³/mol. The number of nitrogens with zero attached hydrogens (tertiary/aromatic N) is 3. The minimum absolute atomic E-state index is 0.148. The zero-order valence-electron chi connectivity index (χ0n) is 19.3. The molecule has 1 aromatic carbocycles. The van der Waals surface area contributed by atoms with Crippen molar-refractivity contribution in [3.8, 4) is 5.75 Å². The van der Waals surface area contributed by atoms with Gasteiger partial charge >= 0.3 is 5.97 Å². The molecule has 186 valence electrons. The topological polar surface area (TPSA) is 150 Å². The van der Waals surface area contributed by atoms with Crippen molar-refractivity contribution in [3.05, 3.63) is 29.8 Å². The zero-order valence-corrected chi connectivity index (χ0v) is 20.9. The van der Waals surface area contributed by atoms with Crippen molar-refractivity contribution >= 4 is 58.6 Å². The van der Waals surface area contributed by atoms with E-state index in [0.717, 1.165) is 23.1 Å². The van der Waals surface area contributed by atoms with Crippen molar-refractivity contribution in [2.24, 2.45) is 10.2 Å². The lowest BCUT2D eigenvalue weighted by molar-refractivity contribution is -0.161. The summed E-state index contributed by atoms with van der Waals surface area (Å²) < 4.78 is 4.71. The monoisotopic (exact) mass is 519 g/mol. The fraction of sp³-hybridized carbons (Fsp3) is 0.455. The summed E-state index contributed by atoms with van der Waals surface area (Å²) >= 11 is 2.43. The summed E-state index contributed by atoms with van der Waals surface area (Å²) in [4.78, 5) is 50.3. The summed E-state index contributed by atoms with van der Waals surface area (Å²) in [6.45, 7) is 6.01. The van der Waals surface area contributed by atoms with Gasteiger partial charge in [0.25, 0.3) is 0 Å². The van der Waals surface area contributed by atoms with Crippen LogP contribution in [0.5, 0.6) is 5.75 Å². The Morgan fingerprint density at radius 3 is 2.66 bits per heavy atom. The van der Waals surface area contributed by atoms with E-state index in [1.807, 2.05) is 31.2 Å². The van der Waals surface area contributed by atoms with Gasteiger partial charge in [-0.05, 0) is 50.6 Å². The first-order valence-corrected chi connectivity index (χ1v) is 12.7. The number of carboxylic acids is 1. The van der Waals surface area contributed by atoms with Gasteiger partial charge in [-0.1, -0.05) is 11.8 Å². The van der Waals surface area contributed by atoms with Crippen molar-refractivity contribution in [3.63, 3.8) is 0 Å². The highest BCUT2D eigenvalue weighted by atomic mass is 32.2. The minimum atomic E-state index is -1.07. The third-order valence-electron chi connectivity index (χ3n) is 5.69. The molecular weight excluding hydrogens is 494 g/mol. The fourth-order valence-corrected chi connectivity index (χ4v) is 6.65. The molecule has 4 unspecified atom stereocenters.